The van der Waals surface area contributed by atoms with Gasteiger partial charge in [-0.25, -0.2) is 24.4 Å². The standard InChI is InChI=1S/C22H25N5O6S3/c1-13(5-18-24-7-16(36-18)10-33-22(30)32-9-15-6-23-12-35-15)19-25-14(11-34-19)8-27(2)21(29)26-17-3-4-31-20(17)28/h6-7,11-13,17H,3-5,8-10H2,1-2H3,(H,26,29)/t13?,17-/m0/s1. The Hall–Kier alpha value is -3.10. The van der Waals surface area contributed by atoms with Crippen LogP contribution in [-0.4, -0.2) is 57.7 Å². The maximum atomic E-state index is 12.4. The normalized spacial score (nSPS) is 15.8. The Morgan fingerprint density at radius 1 is 1.25 bits per heavy atom. The quantitative estimate of drug-likeness (QED) is 0.374. The lowest BCUT2D eigenvalue weighted by Crippen LogP contribution is -2.44. The van der Waals surface area contributed by atoms with Crippen molar-refractivity contribution in [2.24, 2.45) is 0 Å². The van der Waals surface area contributed by atoms with Crippen LogP contribution in [0.25, 0.3) is 0 Å². The number of hydrogen-bond donors (Lipinski definition) is 1. The molecule has 0 aliphatic carbocycles. The van der Waals surface area contributed by atoms with Crippen molar-refractivity contribution in [1.29, 1.82) is 0 Å². The maximum absolute atomic E-state index is 12.4. The lowest BCUT2D eigenvalue weighted by molar-refractivity contribution is -0.139. The predicted octanol–water partition coefficient (Wildman–Crippen LogP) is 3.71. The molecule has 0 bridgehead atoms. The summed E-state index contributed by atoms with van der Waals surface area (Å²) in [6.07, 6.45) is 3.78. The first-order valence-electron chi connectivity index (χ1n) is 11.1. The van der Waals surface area contributed by atoms with Gasteiger partial charge in [0.1, 0.15) is 19.3 Å². The number of esters is 1. The highest BCUT2D eigenvalue weighted by atomic mass is 32.1. The molecule has 1 aliphatic rings. The second kappa shape index (κ2) is 12.2. The number of carbonyl (C=O) groups excluding carboxylic acids is 3. The average Bonchev–Trinajstić information content (AvgIpc) is 3.66. The van der Waals surface area contributed by atoms with Gasteiger partial charge in [0.15, 0.2) is 0 Å². The summed E-state index contributed by atoms with van der Waals surface area (Å²) in [7, 11) is 1.66. The van der Waals surface area contributed by atoms with Crippen molar-refractivity contribution in [2.75, 3.05) is 13.7 Å². The van der Waals surface area contributed by atoms with Gasteiger partial charge in [0.05, 0.1) is 44.1 Å². The first-order chi connectivity index (χ1) is 17.4. The Morgan fingerprint density at radius 2 is 2.06 bits per heavy atom. The molecule has 2 amide bonds. The van der Waals surface area contributed by atoms with E-state index in [4.69, 9.17) is 14.2 Å². The van der Waals surface area contributed by atoms with Crippen LogP contribution < -0.4 is 5.32 Å². The molecule has 4 rings (SSSR count). The smallest absolute Gasteiger partial charge is 0.464 e. The molecule has 14 heteroatoms. The van der Waals surface area contributed by atoms with Crippen LogP contribution in [0.4, 0.5) is 9.59 Å². The van der Waals surface area contributed by atoms with E-state index < -0.39 is 18.2 Å². The van der Waals surface area contributed by atoms with Crippen molar-refractivity contribution in [2.45, 2.75) is 51.5 Å². The van der Waals surface area contributed by atoms with Gasteiger partial charge in [-0.05, 0) is 0 Å². The van der Waals surface area contributed by atoms with Gasteiger partial charge in [-0.1, -0.05) is 6.92 Å². The van der Waals surface area contributed by atoms with E-state index in [1.165, 1.54) is 38.9 Å². The van der Waals surface area contributed by atoms with Crippen molar-refractivity contribution in [1.82, 2.24) is 25.2 Å². The first kappa shape index (κ1) is 26.0. The van der Waals surface area contributed by atoms with E-state index in [0.29, 0.717) is 26.0 Å². The minimum Gasteiger partial charge on any atom is -0.464 e. The summed E-state index contributed by atoms with van der Waals surface area (Å²) in [5.74, 6) is -0.272. The van der Waals surface area contributed by atoms with E-state index in [1.54, 1.807) is 25.0 Å². The van der Waals surface area contributed by atoms with Gasteiger partial charge >= 0.3 is 18.2 Å². The molecule has 0 saturated carbocycles. The molecule has 3 aromatic rings. The first-order valence-corrected chi connectivity index (χ1v) is 13.7. The van der Waals surface area contributed by atoms with E-state index >= 15 is 0 Å². The molecule has 3 aromatic heterocycles. The lowest BCUT2D eigenvalue weighted by atomic mass is 10.1. The molecular weight excluding hydrogens is 526 g/mol. The molecule has 1 saturated heterocycles. The van der Waals surface area contributed by atoms with E-state index in [1.807, 2.05) is 5.38 Å². The monoisotopic (exact) mass is 551 g/mol. The zero-order valence-electron chi connectivity index (χ0n) is 19.7. The number of thiazole rings is 3. The van der Waals surface area contributed by atoms with Crippen molar-refractivity contribution in [3.63, 3.8) is 0 Å². The maximum Gasteiger partial charge on any atom is 0.508 e. The minimum absolute atomic E-state index is 0.0992. The van der Waals surface area contributed by atoms with Crippen LogP contribution in [0.5, 0.6) is 0 Å². The molecule has 1 N–H and O–H groups in total. The predicted molar refractivity (Wildman–Crippen MR) is 133 cm³/mol. The minimum atomic E-state index is -0.733. The summed E-state index contributed by atoms with van der Waals surface area (Å²) in [5, 5.41) is 6.47. The summed E-state index contributed by atoms with van der Waals surface area (Å²) in [6, 6.07) is -0.930. The highest BCUT2D eigenvalue weighted by Gasteiger charge is 2.29. The van der Waals surface area contributed by atoms with E-state index in [2.05, 4.69) is 27.2 Å². The summed E-state index contributed by atoms with van der Waals surface area (Å²) in [5.41, 5.74) is 2.45. The number of nitrogens with one attached hydrogen (secondary N) is 1. The van der Waals surface area contributed by atoms with Crippen molar-refractivity contribution in [3.05, 3.63) is 48.7 Å². The van der Waals surface area contributed by atoms with Crippen LogP contribution >= 0.6 is 34.0 Å². The van der Waals surface area contributed by atoms with Crippen LogP contribution in [-0.2, 0) is 45.2 Å². The summed E-state index contributed by atoms with van der Waals surface area (Å²) < 4.78 is 15.1. The van der Waals surface area contributed by atoms with E-state index in [-0.39, 0.29) is 25.2 Å². The lowest BCUT2D eigenvalue weighted by Gasteiger charge is -2.18. The highest BCUT2D eigenvalue weighted by molar-refractivity contribution is 7.11. The van der Waals surface area contributed by atoms with Gasteiger partial charge < -0.3 is 24.4 Å². The molecule has 11 nitrogen and oxygen atoms in total. The molecule has 0 aromatic carbocycles. The number of aromatic nitrogens is 3. The number of urea groups is 1. The highest BCUT2D eigenvalue weighted by Crippen LogP contribution is 2.26. The molecule has 0 radical (unpaired) electrons. The zero-order valence-corrected chi connectivity index (χ0v) is 22.1. The Kier molecular flexibility index (Phi) is 8.83. The number of nitrogens with zero attached hydrogens (tertiary/aromatic N) is 4. The Balaban J connectivity index is 1.21. The molecule has 1 fully saturated rings. The van der Waals surface area contributed by atoms with Crippen molar-refractivity contribution < 1.29 is 28.6 Å². The largest absolute Gasteiger partial charge is 0.508 e. The van der Waals surface area contributed by atoms with Crippen molar-refractivity contribution in [3.8, 4) is 0 Å². The number of ether oxygens (including phenoxy) is 3. The second-order valence-corrected chi connectivity index (χ2v) is 11.2. The third kappa shape index (κ3) is 7.21. The molecule has 1 unspecified atom stereocenters. The SMILES string of the molecule is CC(Cc1ncc(COC(=O)OCc2cncs2)s1)c1nc(CN(C)C(=O)N[C@H]2CCOC2=O)cs1. The van der Waals surface area contributed by atoms with Crippen LogP contribution in [0.3, 0.4) is 0 Å². The van der Waals surface area contributed by atoms with Gasteiger partial charge in [0.25, 0.3) is 0 Å². The van der Waals surface area contributed by atoms with E-state index in [9.17, 15) is 14.4 Å². The molecule has 2 atom stereocenters. The number of carbonyl (C=O) groups is 3. The molecular formula is C22H25N5O6S3. The Morgan fingerprint density at radius 3 is 2.78 bits per heavy atom. The summed E-state index contributed by atoms with van der Waals surface area (Å²) in [4.78, 5) is 51.9. The van der Waals surface area contributed by atoms with Gasteiger partial charge in [0.2, 0.25) is 0 Å². The number of cyclic esters (lactones) is 1. The fourth-order valence-electron chi connectivity index (χ4n) is 3.30. The fraction of sp³-hybridized carbons (Fsp3) is 0.455. The van der Waals surface area contributed by atoms with Gasteiger partial charge in [0, 0.05) is 43.6 Å². The molecule has 1 aliphatic heterocycles. The van der Waals surface area contributed by atoms with E-state index in [0.717, 1.165) is 25.5 Å². The Labute approximate surface area is 219 Å². The van der Waals surface area contributed by atoms with Crippen molar-refractivity contribution >= 4 is 52.2 Å². The number of amides is 2. The third-order valence-electron chi connectivity index (χ3n) is 5.20. The van der Waals surface area contributed by atoms with Crippen LogP contribution in [0.2, 0.25) is 0 Å². The van der Waals surface area contributed by atoms with Crippen LogP contribution in [0.15, 0.2) is 23.3 Å². The summed E-state index contributed by atoms with van der Waals surface area (Å²) >= 11 is 4.42. The van der Waals surface area contributed by atoms with Gasteiger partial charge in [-0.2, -0.15) is 0 Å². The average molecular weight is 552 g/mol. The molecule has 192 valence electrons. The topological polar surface area (TPSA) is 133 Å². The molecule has 0 spiro atoms. The molecule has 36 heavy (non-hydrogen) atoms. The second-order valence-electron chi connectivity index (χ2n) is 8.11. The third-order valence-corrected chi connectivity index (χ3v) is 8.07. The van der Waals surface area contributed by atoms with Gasteiger partial charge in [-0.3, -0.25) is 4.98 Å². The summed E-state index contributed by atoms with van der Waals surface area (Å²) in [6.45, 7) is 2.96. The number of rotatable bonds is 10. The number of hydrogen-bond acceptors (Lipinski definition) is 12. The molecule has 4 heterocycles. The van der Waals surface area contributed by atoms with Crippen LogP contribution in [0.1, 0.15) is 44.7 Å². The van der Waals surface area contributed by atoms with Crippen LogP contribution in [0, 0.1) is 0 Å². The Bertz CT molecular complexity index is 1180. The zero-order chi connectivity index (χ0) is 25.5. The fourth-order valence-corrected chi connectivity index (χ4v) is 5.64. The van der Waals surface area contributed by atoms with Gasteiger partial charge in [-0.15, -0.1) is 34.0 Å².